The molecule has 16 heavy (non-hydrogen) atoms. The van der Waals surface area contributed by atoms with E-state index in [9.17, 15) is 0 Å². The van der Waals surface area contributed by atoms with Gasteiger partial charge in [0.2, 0.25) is 0 Å². The molecule has 1 heterocycles. The lowest BCUT2D eigenvalue weighted by Crippen LogP contribution is -1.98. The van der Waals surface area contributed by atoms with Crippen LogP contribution in [0.25, 0.3) is 5.69 Å². The molecule has 0 fully saturated rings. The molecule has 6 heteroatoms. The van der Waals surface area contributed by atoms with Crippen LogP contribution in [-0.2, 0) is 0 Å². The van der Waals surface area contributed by atoms with E-state index in [1.807, 2.05) is 6.92 Å². The van der Waals surface area contributed by atoms with Gasteiger partial charge in [-0.15, -0.1) is 0 Å². The predicted molar refractivity (Wildman–Crippen MR) is 67.7 cm³/mol. The molecule has 0 atom stereocenters. The van der Waals surface area contributed by atoms with Crippen molar-refractivity contribution in [3.05, 3.63) is 39.0 Å². The Kier molecular flexibility index (Phi) is 3.02. The summed E-state index contributed by atoms with van der Waals surface area (Å²) < 4.78 is 1.55. The molecular formula is C10H8Cl3N3. The van der Waals surface area contributed by atoms with E-state index in [1.165, 1.54) is 0 Å². The summed E-state index contributed by atoms with van der Waals surface area (Å²) >= 11 is 17.9. The maximum absolute atomic E-state index is 6.06. The van der Waals surface area contributed by atoms with E-state index in [2.05, 4.69) is 5.10 Å². The standard InChI is InChI=1S/C10H8Cl3N3/c1-5-4-16(15-10(5)14)9-7(12)2-6(11)3-8(9)13/h2-4H,1H3,(H2,14,15). The summed E-state index contributed by atoms with van der Waals surface area (Å²) in [6, 6.07) is 3.22. The van der Waals surface area contributed by atoms with Gasteiger partial charge in [0.25, 0.3) is 0 Å². The predicted octanol–water partition coefficient (Wildman–Crippen LogP) is 3.72. The Morgan fingerprint density at radius 2 is 1.75 bits per heavy atom. The van der Waals surface area contributed by atoms with Crippen molar-refractivity contribution < 1.29 is 0 Å². The molecule has 0 amide bonds. The van der Waals surface area contributed by atoms with Gasteiger partial charge >= 0.3 is 0 Å². The molecule has 0 bridgehead atoms. The topological polar surface area (TPSA) is 43.8 Å². The number of hydrogen-bond donors (Lipinski definition) is 1. The van der Waals surface area contributed by atoms with E-state index >= 15 is 0 Å². The molecule has 0 saturated carbocycles. The first-order valence-corrected chi connectivity index (χ1v) is 5.59. The van der Waals surface area contributed by atoms with Crippen LogP contribution in [0.2, 0.25) is 15.1 Å². The molecule has 1 aromatic heterocycles. The van der Waals surface area contributed by atoms with Crippen LogP contribution < -0.4 is 5.73 Å². The summed E-state index contributed by atoms with van der Waals surface area (Å²) in [5.74, 6) is 0.446. The van der Waals surface area contributed by atoms with Gasteiger partial charge in [-0.3, -0.25) is 0 Å². The van der Waals surface area contributed by atoms with Gasteiger partial charge in [-0.05, 0) is 19.1 Å². The molecule has 0 saturated heterocycles. The third kappa shape index (κ3) is 1.98. The van der Waals surface area contributed by atoms with Crippen LogP contribution in [0.4, 0.5) is 5.82 Å². The van der Waals surface area contributed by atoms with Gasteiger partial charge in [0.1, 0.15) is 11.5 Å². The molecule has 3 nitrogen and oxygen atoms in total. The first-order chi connectivity index (χ1) is 7.49. The van der Waals surface area contributed by atoms with Crippen molar-refractivity contribution >= 4 is 40.6 Å². The van der Waals surface area contributed by atoms with Crippen molar-refractivity contribution in [3.8, 4) is 5.69 Å². The molecule has 0 aliphatic heterocycles. The monoisotopic (exact) mass is 275 g/mol. The zero-order chi connectivity index (χ0) is 11.9. The smallest absolute Gasteiger partial charge is 0.148 e. The Bertz CT molecular complexity index is 506. The van der Waals surface area contributed by atoms with Crippen molar-refractivity contribution in [1.82, 2.24) is 9.78 Å². The van der Waals surface area contributed by atoms with Crippen LogP contribution in [0, 0.1) is 6.92 Å². The van der Waals surface area contributed by atoms with Gasteiger partial charge in [-0.1, -0.05) is 34.8 Å². The number of halogens is 3. The Hall–Kier alpha value is -0.900. The van der Waals surface area contributed by atoms with Crippen LogP contribution in [0.1, 0.15) is 5.56 Å². The number of nitrogen functional groups attached to an aromatic ring is 1. The molecule has 0 aliphatic rings. The Morgan fingerprint density at radius 3 is 2.19 bits per heavy atom. The van der Waals surface area contributed by atoms with E-state index < -0.39 is 0 Å². The second kappa shape index (κ2) is 4.17. The highest BCUT2D eigenvalue weighted by Gasteiger charge is 2.12. The average molecular weight is 277 g/mol. The number of benzene rings is 1. The molecule has 0 spiro atoms. The van der Waals surface area contributed by atoms with E-state index in [4.69, 9.17) is 40.5 Å². The third-order valence-corrected chi connectivity index (χ3v) is 2.94. The summed E-state index contributed by atoms with van der Waals surface area (Å²) in [5, 5.41) is 5.46. The lowest BCUT2D eigenvalue weighted by molar-refractivity contribution is 0.886. The van der Waals surface area contributed by atoms with Gasteiger partial charge in [0.15, 0.2) is 0 Å². The van der Waals surface area contributed by atoms with Crippen molar-refractivity contribution in [2.45, 2.75) is 6.92 Å². The zero-order valence-corrected chi connectivity index (χ0v) is 10.6. The fraction of sp³-hybridized carbons (Fsp3) is 0.100. The number of nitrogens with two attached hydrogens (primary N) is 1. The molecule has 2 aromatic rings. The average Bonchev–Trinajstić information content (AvgIpc) is 2.44. The first kappa shape index (κ1) is 11.6. The van der Waals surface area contributed by atoms with E-state index in [0.29, 0.717) is 26.6 Å². The van der Waals surface area contributed by atoms with E-state index in [0.717, 1.165) is 5.56 Å². The molecule has 2 N–H and O–H groups in total. The van der Waals surface area contributed by atoms with Gasteiger partial charge in [0, 0.05) is 16.8 Å². The molecular weight excluding hydrogens is 268 g/mol. The van der Waals surface area contributed by atoms with Crippen molar-refractivity contribution in [2.75, 3.05) is 5.73 Å². The molecule has 1 aromatic carbocycles. The van der Waals surface area contributed by atoms with Crippen LogP contribution >= 0.6 is 34.8 Å². The van der Waals surface area contributed by atoms with Crippen molar-refractivity contribution in [3.63, 3.8) is 0 Å². The minimum atomic E-state index is 0.431. The fourth-order valence-electron chi connectivity index (χ4n) is 1.34. The molecule has 0 unspecified atom stereocenters. The summed E-state index contributed by atoms with van der Waals surface area (Å²) in [6.45, 7) is 1.86. The molecule has 84 valence electrons. The number of hydrogen-bond acceptors (Lipinski definition) is 2. The Balaban J connectivity index is 2.64. The summed E-state index contributed by atoms with van der Waals surface area (Å²) in [4.78, 5) is 0. The van der Waals surface area contributed by atoms with E-state index in [1.54, 1.807) is 23.0 Å². The highest BCUT2D eigenvalue weighted by atomic mass is 35.5. The third-order valence-electron chi connectivity index (χ3n) is 2.15. The first-order valence-electron chi connectivity index (χ1n) is 4.45. The summed E-state index contributed by atoms with van der Waals surface area (Å²) in [5.41, 5.74) is 7.10. The minimum absolute atomic E-state index is 0.431. The second-order valence-corrected chi connectivity index (χ2v) is 4.61. The van der Waals surface area contributed by atoms with E-state index in [-0.39, 0.29) is 0 Å². The summed E-state index contributed by atoms with van der Waals surface area (Å²) in [6.07, 6.45) is 1.76. The van der Waals surface area contributed by atoms with Gasteiger partial charge in [-0.25, -0.2) is 4.68 Å². The Labute approximate surface area is 108 Å². The molecule has 0 aliphatic carbocycles. The lowest BCUT2D eigenvalue weighted by Gasteiger charge is -2.07. The SMILES string of the molecule is Cc1cn(-c2c(Cl)cc(Cl)cc2Cl)nc1N. The Morgan fingerprint density at radius 1 is 1.19 bits per heavy atom. The van der Waals surface area contributed by atoms with Crippen LogP contribution in [0.3, 0.4) is 0 Å². The highest BCUT2D eigenvalue weighted by molar-refractivity contribution is 6.40. The second-order valence-electron chi connectivity index (χ2n) is 3.36. The molecule has 0 radical (unpaired) electrons. The zero-order valence-electron chi connectivity index (χ0n) is 8.34. The van der Waals surface area contributed by atoms with Crippen LogP contribution in [0.5, 0.6) is 0 Å². The number of nitrogens with zero attached hydrogens (tertiary/aromatic N) is 2. The maximum Gasteiger partial charge on any atom is 0.148 e. The van der Waals surface area contributed by atoms with Crippen molar-refractivity contribution in [1.29, 1.82) is 0 Å². The molecule has 2 rings (SSSR count). The van der Waals surface area contributed by atoms with Crippen LogP contribution in [0.15, 0.2) is 18.3 Å². The van der Waals surface area contributed by atoms with Crippen LogP contribution in [-0.4, -0.2) is 9.78 Å². The van der Waals surface area contributed by atoms with Gasteiger partial charge in [0.05, 0.1) is 10.0 Å². The number of anilines is 1. The van der Waals surface area contributed by atoms with Crippen molar-refractivity contribution in [2.24, 2.45) is 0 Å². The largest absolute Gasteiger partial charge is 0.382 e. The number of rotatable bonds is 1. The fourth-order valence-corrected chi connectivity index (χ4v) is 2.33. The highest BCUT2D eigenvalue weighted by Crippen LogP contribution is 2.32. The number of aromatic nitrogens is 2. The number of aryl methyl sites for hydroxylation is 1. The maximum atomic E-state index is 6.06. The normalized spacial score (nSPS) is 10.8. The minimum Gasteiger partial charge on any atom is -0.382 e. The summed E-state index contributed by atoms with van der Waals surface area (Å²) in [7, 11) is 0. The van der Waals surface area contributed by atoms with Gasteiger partial charge in [-0.2, -0.15) is 5.10 Å². The quantitative estimate of drug-likeness (QED) is 0.862. The lowest BCUT2D eigenvalue weighted by atomic mass is 10.3. The van der Waals surface area contributed by atoms with Gasteiger partial charge < -0.3 is 5.73 Å².